The molecule has 5 nitrogen and oxygen atoms in total. The van der Waals surface area contributed by atoms with Crippen LogP contribution in [-0.4, -0.2) is 53.1 Å². The van der Waals surface area contributed by atoms with Gasteiger partial charge in [0.2, 0.25) is 0 Å². The Labute approximate surface area is 226 Å². The van der Waals surface area contributed by atoms with E-state index < -0.39 is 0 Å². The van der Waals surface area contributed by atoms with Gasteiger partial charge in [-0.2, -0.15) is 0 Å². The number of amides is 1. The van der Waals surface area contributed by atoms with Gasteiger partial charge >= 0.3 is 6.09 Å². The molecule has 0 aromatic carbocycles. The van der Waals surface area contributed by atoms with Crippen LogP contribution in [0.2, 0.25) is 0 Å². The van der Waals surface area contributed by atoms with E-state index in [4.69, 9.17) is 4.74 Å². The highest BCUT2D eigenvalue weighted by Gasteiger charge is 2.64. The van der Waals surface area contributed by atoms with Crippen LogP contribution in [0.5, 0.6) is 0 Å². The van der Waals surface area contributed by atoms with E-state index in [9.17, 15) is 15.0 Å². The highest BCUT2D eigenvalue weighted by atomic mass is 16.6. The summed E-state index contributed by atoms with van der Waals surface area (Å²) in [6.45, 7) is 11.9. The molecule has 0 radical (unpaired) electrons. The van der Waals surface area contributed by atoms with Crippen molar-refractivity contribution in [3.05, 3.63) is 0 Å². The number of carbonyl (C=O) groups is 1. The number of aliphatic hydroxyl groups excluding tert-OH is 2. The first kappa shape index (κ1) is 27.7. The quantitative estimate of drug-likeness (QED) is 0.428. The van der Waals surface area contributed by atoms with Gasteiger partial charge in [-0.3, -0.25) is 0 Å². The Morgan fingerprint density at radius 2 is 1.62 bits per heavy atom. The molecule has 0 spiro atoms. The topological polar surface area (TPSA) is 70.0 Å². The lowest BCUT2D eigenvalue weighted by molar-refractivity contribution is -0.203. The van der Waals surface area contributed by atoms with Crippen LogP contribution >= 0.6 is 0 Å². The summed E-state index contributed by atoms with van der Waals surface area (Å²) in [6, 6.07) is 0. The second-order valence-corrected chi connectivity index (χ2v) is 14.4. The van der Waals surface area contributed by atoms with Crippen molar-refractivity contribution >= 4 is 6.09 Å². The van der Waals surface area contributed by atoms with Crippen LogP contribution in [0.3, 0.4) is 0 Å². The highest BCUT2D eigenvalue weighted by Crippen LogP contribution is 2.69. The average molecular weight is 518 g/mol. The minimum Gasteiger partial charge on any atom is -0.449 e. The molecule has 5 rings (SSSR count). The molecule has 4 aliphatic carbocycles. The minimum atomic E-state index is -0.230. The summed E-state index contributed by atoms with van der Waals surface area (Å²) in [5.41, 5.74) is 0.530. The Bertz CT molecular complexity index is 796. The van der Waals surface area contributed by atoms with Gasteiger partial charge in [-0.15, -0.1) is 0 Å². The molecule has 5 heteroatoms. The van der Waals surface area contributed by atoms with Crippen molar-refractivity contribution in [3.63, 3.8) is 0 Å². The Morgan fingerprint density at radius 3 is 2.32 bits per heavy atom. The van der Waals surface area contributed by atoms with E-state index in [1.165, 1.54) is 38.5 Å². The van der Waals surface area contributed by atoms with Gasteiger partial charge < -0.3 is 19.8 Å². The Kier molecular flexibility index (Phi) is 8.24. The predicted molar refractivity (Wildman–Crippen MR) is 147 cm³/mol. The maximum atomic E-state index is 12.6. The van der Waals surface area contributed by atoms with Gasteiger partial charge in [-0.05, 0) is 116 Å². The molecule has 4 saturated carbocycles. The third-order valence-electron chi connectivity index (χ3n) is 12.8. The van der Waals surface area contributed by atoms with Crippen molar-refractivity contribution in [2.24, 2.45) is 52.3 Å². The van der Waals surface area contributed by atoms with Crippen LogP contribution in [-0.2, 0) is 4.74 Å². The predicted octanol–water partition coefficient (Wildman–Crippen LogP) is 6.65. The van der Waals surface area contributed by atoms with Crippen LogP contribution in [0.25, 0.3) is 0 Å². The minimum absolute atomic E-state index is 0.110. The first-order chi connectivity index (χ1) is 17.7. The van der Waals surface area contributed by atoms with Crippen LogP contribution in [0.15, 0.2) is 0 Å². The zero-order chi connectivity index (χ0) is 26.4. The standard InChI is InChI=1S/C32H55NO4/c1-5-23-27-20-22(34)12-15-32(27,4)26-13-16-31(3)24(10-11-25(31)28(26)29(23)35)21(2)14-19-37-30(36)33-17-8-6-7-9-18-33/h21-29,34-35H,5-20H2,1-4H3/t21-,22-,23-,24-,25+,26+,27+,28?,29-,31?,32?/m1/s1. The number of ether oxygens (including phenoxy) is 1. The van der Waals surface area contributed by atoms with E-state index in [0.717, 1.165) is 58.0 Å². The second-order valence-electron chi connectivity index (χ2n) is 14.4. The summed E-state index contributed by atoms with van der Waals surface area (Å²) in [5.74, 6) is 3.52. The fraction of sp³-hybridized carbons (Fsp3) is 0.969. The van der Waals surface area contributed by atoms with Crippen molar-refractivity contribution in [1.29, 1.82) is 0 Å². The van der Waals surface area contributed by atoms with Gasteiger partial charge in [0.05, 0.1) is 18.8 Å². The molecule has 5 fully saturated rings. The van der Waals surface area contributed by atoms with Crippen LogP contribution in [0, 0.1) is 52.3 Å². The molecule has 1 aliphatic heterocycles. The van der Waals surface area contributed by atoms with E-state index in [2.05, 4.69) is 27.7 Å². The number of carbonyl (C=O) groups excluding carboxylic acids is 1. The zero-order valence-electron chi connectivity index (χ0n) is 24.2. The molecule has 2 N–H and O–H groups in total. The molecular weight excluding hydrogens is 462 g/mol. The van der Waals surface area contributed by atoms with E-state index in [1.54, 1.807) is 0 Å². The molecular formula is C32H55NO4. The van der Waals surface area contributed by atoms with Gasteiger partial charge in [0.1, 0.15) is 0 Å². The Hall–Kier alpha value is -0.810. The second kappa shape index (κ2) is 11.0. The van der Waals surface area contributed by atoms with Gasteiger partial charge in [0.15, 0.2) is 0 Å². The summed E-state index contributed by atoms with van der Waals surface area (Å²) < 4.78 is 5.78. The fourth-order valence-electron chi connectivity index (χ4n) is 10.8. The molecule has 1 saturated heterocycles. The van der Waals surface area contributed by atoms with Crippen molar-refractivity contribution < 1.29 is 19.7 Å². The van der Waals surface area contributed by atoms with E-state index >= 15 is 0 Å². The van der Waals surface area contributed by atoms with Crippen molar-refractivity contribution in [3.8, 4) is 0 Å². The number of hydrogen-bond donors (Lipinski definition) is 2. The van der Waals surface area contributed by atoms with Crippen molar-refractivity contribution in [1.82, 2.24) is 4.90 Å². The molecule has 0 bridgehead atoms. The van der Waals surface area contributed by atoms with Crippen LogP contribution in [0.1, 0.15) is 111 Å². The largest absolute Gasteiger partial charge is 0.449 e. The molecule has 0 aromatic rings. The fourth-order valence-corrected chi connectivity index (χ4v) is 10.8. The lowest BCUT2D eigenvalue weighted by atomic mass is 9.41. The maximum absolute atomic E-state index is 12.6. The van der Waals surface area contributed by atoms with Crippen LogP contribution in [0.4, 0.5) is 4.79 Å². The van der Waals surface area contributed by atoms with E-state index in [1.807, 2.05) is 4.90 Å². The van der Waals surface area contributed by atoms with Crippen molar-refractivity contribution in [2.45, 2.75) is 123 Å². The van der Waals surface area contributed by atoms with E-state index in [-0.39, 0.29) is 29.1 Å². The third kappa shape index (κ3) is 4.87. The van der Waals surface area contributed by atoms with Gasteiger partial charge in [0.25, 0.3) is 0 Å². The number of aliphatic hydroxyl groups is 2. The number of nitrogens with zero attached hydrogens (tertiary/aromatic N) is 1. The summed E-state index contributed by atoms with van der Waals surface area (Å²) in [4.78, 5) is 14.5. The summed E-state index contributed by atoms with van der Waals surface area (Å²) in [6.07, 6.45) is 14.0. The average Bonchev–Trinajstić information content (AvgIpc) is 3.03. The first-order valence-corrected chi connectivity index (χ1v) is 16.0. The Morgan fingerprint density at radius 1 is 0.946 bits per heavy atom. The van der Waals surface area contributed by atoms with Crippen LogP contribution < -0.4 is 0 Å². The number of rotatable bonds is 5. The summed E-state index contributed by atoms with van der Waals surface area (Å²) in [7, 11) is 0. The smallest absolute Gasteiger partial charge is 0.409 e. The summed E-state index contributed by atoms with van der Waals surface area (Å²) >= 11 is 0. The molecule has 1 amide bonds. The van der Waals surface area contributed by atoms with E-state index in [0.29, 0.717) is 48.0 Å². The third-order valence-corrected chi connectivity index (χ3v) is 12.8. The Balaban J connectivity index is 1.25. The number of fused-ring (bicyclic) bond motifs is 5. The molecule has 5 aliphatic rings. The monoisotopic (exact) mass is 517 g/mol. The van der Waals surface area contributed by atoms with Gasteiger partial charge in [-0.1, -0.05) is 47.0 Å². The molecule has 11 atom stereocenters. The van der Waals surface area contributed by atoms with Crippen molar-refractivity contribution in [2.75, 3.05) is 19.7 Å². The molecule has 212 valence electrons. The maximum Gasteiger partial charge on any atom is 0.409 e. The zero-order valence-corrected chi connectivity index (χ0v) is 24.2. The number of likely N-dealkylation sites (tertiary alicyclic amines) is 1. The lowest BCUT2D eigenvalue weighted by Crippen LogP contribution is -2.62. The van der Waals surface area contributed by atoms with Gasteiger partial charge in [-0.25, -0.2) is 4.79 Å². The normalized spacial score (nSPS) is 46.8. The lowest BCUT2D eigenvalue weighted by Gasteiger charge is -2.64. The molecule has 0 aromatic heterocycles. The first-order valence-electron chi connectivity index (χ1n) is 16.0. The molecule has 37 heavy (non-hydrogen) atoms. The summed E-state index contributed by atoms with van der Waals surface area (Å²) in [5, 5.41) is 22.4. The van der Waals surface area contributed by atoms with Gasteiger partial charge in [0, 0.05) is 13.1 Å². The number of hydrogen-bond acceptors (Lipinski definition) is 4. The molecule has 3 unspecified atom stereocenters. The SMILES string of the molecule is CC[C@H]1[C@@H](O)C2[C@@H]3CC[C@H]([C@H](C)CCOC(=O)N4CCCCCC4)C3(C)CC[C@@H]2C2(C)CC[C@@H](O)C[C@@H]12. The molecule has 1 heterocycles. The highest BCUT2D eigenvalue weighted by molar-refractivity contribution is 5.67.